The predicted octanol–water partition coefficient (Wildman–Crippen LogP) is 1.80. The summed E-state index contributed by atoms with van der Waals surface area (Å²) in [5, 5.41) is 14.1. The highest BCUT2D eigenvalue weighted by Gasteiger charge is 2.31. The third-order valence-electron chi connectivity index (χ3n) is 2.83. The summed E-state index contributed by atoms with van der Waals surface area (Å²) in [5.41, 5.74) is 2.09. The number of aliphatic hydroxyl groups excluding tert-OH is 1. The average Bonchev–Trinajstić information content (AvgIpc) is 2.91. The lowest BCUT2D eigenvalue weighted by Crippen LogP contribution is -2.15. The topological polar surface area (TPSA) is 38.0 Å². The van der Waals surface area contributed by atoms with Crippen LogP contribution < -0.4 is 0 Å². The lowest BCUT2D eigenvalue weighted by Gasteiger charge is -2.09. The third kappa shape index (κ3) is 1.86. The van der Waals surface area contributed by atoms with Gasteiger partial charge in [-0.15, -0.1) is 0 Å². The molecule has 4 heteroatoms. The van der Waals surface area contributed by atoms with Crippen molar-refractivity contribution in [3.05, 3.63) is 15.9 Å². The quantitative estimate of drug-likeness (QED) is 0.898. The first kappa shape index (κ1) is 10.2. The Morgan fingerprint density at radius 1 is 1.64 bits per heavy atom. The van der Waals surface area contributed by atoms with Crippen molar-refractivity contribution in [2.75, 3.05) is 0 Å². The molecular weight excluding hydrogens is 244 g/mol. The SMILES string of the molecule is Cc1nn(C)c(CC(O)C2CC2)c1Br. The van der Waals surface area contributed by atoms with Gasteiger partial charge in [0.1, 0.15) is 0 Å². The molecule has 0 saturated heterocycles. The Labute approximate surface area is 92.2 Å². The zero-order valence-electron chi connectivity index (χ0n) is 8.50. The predicted molar refractivity (Wildman–Crippen MR) is 58.1 cm³/mol. The van der Waals surface area contributed by atoms with E-state index < -0.39 is 0 Å². The Balaban J connectivity index is 2.14. The van der Waals surface area contributed by atoms with E-state index in [0.717, 1.165) is 15.9 Å². The van der Waals surface area contributed by atoms with E-state index in [2.05, 4.69) is 21.0 Å². The smallest absolute Gasteiger partial charge is 0.0738 e. The molecule has 1 aliphatic rings. The van der Waals surface area contributed by atoms with Gasteiger partial charge in [-0.3, -0.25) is 4.68 Å². The van der Waals surface area contributed by atoms with Crippen LogP contribution in [0.4, 0.5) is 0 Å². The molecule has 0 aromatic carbocycles. The van der Waals surface area contributed by atoms with Crippen LogP contribution in [0.3, 0.4) is 0 Å². The molecule has 0 bridgehead atoms. The van der Waals surface area contributed by atoms with Gasteiger partial charge in [-0.1, -0.05) is 0 Å². The summed E-state index contributed by atoms with van der Waals surface area (Å²) in [6, 6.07) is 0. The summed E-state index contributed by atoms with van der Waals surface area (Å²) in [6.07, 6.45) is 2.87. The summed E-state index contributed by atoms with van der Waals surface area (Å²) in [7, 11) is 1.92. The summed E-state index contributed by atoms with van der Waals surface area (Å²) >= 11 is 3.50. The lowest BCUT2D eigenvalue weighted by molar-refractivity contribution is 0.149. The van der Waals surface area contributed by atoms with Gasteiger partial charge in [-0.25, -0.2) is 0 Å². The maximum atomic E-state index is 9.84. The fourth-order valence-electron chi connectivity index (χ4n) is 1.75. The van der Waals surface area contributed by atoms with Crippen LogP contribution in [0.25, 0.3) is 0 Å². The van der Waals surface area contributed by atoms with Crippen LogP contribution in [0, 0.1) is 12.8 Å². The second-order valence-corrected chi connectivity index (χ2v) is 4.87. The maximum Gasteiger partial charge on any atom is 0.0738 e. The molecule has 0 aliphatic heterocycles. The second-order valence-electron chi connectivity index (χ2n) is 4.08. The minimum atomic E-state index is -0.193. The molecule has 0 radical (unpaired) electrons. The van der Waals surface area contributed by atoms with Crippen molar-refractivity contribution < 1.29 is 5.11 Å². The van der Waals surface area contributed by atoms with Gasteiger partial charge in [0.2, 0.25) is 0 Å². The number of halogens is 1. The van der Waals surface area contributed by atoms with Crippen LogP contribution in [0.1, 0.15) is 24.2 Å². The molecule has 78 valence electrons. The first-order valence-electron chi connectivity index (χ1n) is 4.95. The van der Waals surface area contributed by atoms with Crippen molar-refractivity contribution in [2.24, 2.45) is 13.0 Å². The molecular formula is C10H15BrN2O. The van der Waals surface area contributed by atoms with E-state index in [1.165, 1.54) is 12.8 Å². The first-order chi connectivity index (χ1) is 6.59. The first-order valence-corrected chi connectivity index (χ1v) is 5.75. The van der Waals surface area contributed by atoms with Crippen LogP contribution in [0.15, 0.2) is 4.47 Å². The molecule has 1 aromatic heterocycles. The van der Waals surface area contributed by atoms with Gasteiger partial charge < -0.3 is 5.11 Å². The largest absolute Gasteiger partial charge is 0.392 e. The van der Waals surface area contributed by atoms with Crippen LogP contribution >= 0.6 is 15.9 Å². The zero-order valence-corrected chi connectivity index (χ0v) is 10.1. The minimum absolute atomic E-state index is 0.193. The van der Waals surface area contributed by atoms with E-state index >= 15 is 0 Å². The van der Waals surface area contributed by atoms with Gasteiger partial charge in [0, 0.05) is 13.5 Å². The Morgan fingerprint density at radius 3 is 2.71 bits per heavy atom. The molecule has 1 atom stereocenters. The van der Waals surface area contributed by atoms with Gasteiger partial charge in [0.15, 0.2) is 0 Å². The summed E-state index contributed by atoms with van der Waals surface area (Å²) < 4.78 is 2.89. The Kier molecular flexibility index (Phi) is 2.66. The van der Waals surface area contributed by atoms with Crippen LogP contribution in [0.5, 0.6) is 0 Å². The van der Waals surface area contributed by atoms with E-state index in [1.54, 1.807) is 0 Å². The van der Waals surface area contributed by atoms with Crippen molar-refractivity contribution in [2.45, 2.75) is 32.3 Å². The number of nitrogens with zero attached hydrogens (tertiary/aromatic N) is 2. The van der Waals surface area contributed by atoms with E-state index in [-0.39, 0.29) is 6.10 Å². The van der Waals surface area contributed by atoms with Gasteiger partial charge in [0.25, 0.3) is 0 Å². The summed E-state index contributed by atoms with van der Waals surface area (Å²) in [4.78, 5) is 0. The van der Waals surface area contributed by atoms with Crippen molar-refractivity contribution >= 4 is 15.9 Å². The van der Waals surface area contributed by atoms with Gasteiger partial charge in [-0.2, -0.15) is 5.10 Å². The fraction of sp³-hybridized carbons (Fsp3) is 0.700. The van der Waals surface area contributed by atoms with Crippen molar-refractivity contribution in [1.29, 1.82) is 0 Å². The monoisotopic (exact) mass is 258 g/mol. The highest BCUT2D eigenvalue weighted by molar-refractivity contribution is 9.10. The van der Waals surface area contributed by atoms with E-state index in [4.69, 9.17) is 0 Å². The van der Waals surface area contributed by atoms with Crippen molar-refractivity contribution in [1.82, 2.24) is 9.78 Å². The Bertz CT molecular complexity index is 344. The molecule has 1 saturated carbocycles. The van der Waals surface area contributed by atoms with Crippen LogP contribution in [-0.2, 0) is 13.5 Å². The third-order valence-corrected chi connectivity index (χ3v) is 3.86. The number of aromatic nitrogens is 2. The number of aliphatic hydroxyl groups is 1. The normalized spacial score (nSPS) is 18.6. The summed E-state index contributed by atoms with van der Waals surface area (Å²) in [5.74, 6) is 0.525. The average molecular weight is 259 g/mol. The van der Waals surface area contributed by atoms with Crippen LogP contribution in [-0.4, -0.2) is 21.0 Å². The number of hydrogen-bond donors (Lipinski definition) is 1. The molecule has 1 N–H and O–H groups in total. The maximum absolute atomic E-state index is 9.84. The molecule has 1 aliphatic carbocycles. The number of hydrogen-bond acceptors (Lipinski definition) is 2. The molecule has 0 spiro atoms. The van der Waals surface area contributed by atoms with E-state index in [0.29, 0.717) is 12.3 Å². The van der Waals surface area contributed by atoms with Gasteiger partial charge in [0.05, 0.1) is 22.0 Å². The molecule has 1 unspecified atom stereocenters. The Morgan fingerprint density at radius 2 is 2.29 bits per heavy atom. The summed E-state index contributed by atoms with van der Waals surface area (Å²) in [6.45, 7) is 1.97. The molecule has 2 rings (SSSR count). The van der Waals surface area contributed by atoms with Crippen molar-refractivity contribution in [3.63, 3.8) is 0 Å². The molecule has 1 heterocycles. The molecule has 0 amide bonds. The van der Waals surface area contributed by atoms with E-state index in [9.17, 15) is 5.11 Å². The standard InChI is InChI=1S/C10H15BrN2O/c1-6-10(11)8(13(2)12-6)5-9(14)7-3-4-7/h7,9,14H,3-5H2,1-2H3. The highest BCUT2D eigenvalue weighted by atomic mass is 79.9. The Hall–Kier alpha value is -0.350. The minimum Gasteiger partial charge on any atom is -0.392 e. The second kappa shape index (κ2) is 3.66. The zero-order chi connectivity index (χ0) is 10.3. The van der Waals surface area contributed by atoms with Gasteiger partial charge >= 0.3 is 0 Å². The lowest BCUT2D eigenvalue weighted by atomic mass is 10.1. The fourth-order valence-corrected chi connectivity index (χ4v) is 2.25. The van der Waals surface area contributed by atoms with Gasteiger partial charge in [-0.05, 0) is 41.6 Å². The van der Waals surface area contributed by atoms with E-state index in [1.807, 2.05) is 18.7 Å². The molecule has 1 fully saturated rings. The molecule has 14 heavy (non-hydrogen) atoms. The van der Waals surface area contributed by atoms with Crippen LogP contribution in [0.2, 0.25) is 0 Å². The highest BCUT2D eigenvalue weighted by Crippen LogP contribution is 2.35. The van der Waals surface area contributed by atoms with Crippen molar-refractivity contribution in [3.8, 4) is 0 Å². The molecule has 1 aromatic rings. The number of aryl methyl sites for hydroxylation is 2. The number of rotatable bonds is 3. The molecule has 3 nitrogen and oxygen atoms in total.